The molecular formula is C29H31N3O4. The van der Waals surface area contributed by atoms with E-state index >= 15 is 0 Å². The summed E-state index contributed by atoms with van der Waals surface area (Å²) in [4.78, 5) is 13.8. The van der Waals surface area contributed by atoms with Crippen LogP contribution >= 0.6 is 0 Å². The molecule has 0 radical (unpaired) electrons. The molecule has 0 aliphatic rings. The lowest BCUT2D eigenvalue weighted by Crippen LogP contribution is -2.02. The highest BCUT2D eigenvalue weighted by molar-refractivity contribution is 5.76. The lowest BCUT2D eigenvalue weighted by molar-refractivity contribution is 0.400. The number of nitrogens with zero attached hydrogens (tertiary/aromatic N) is 3. The lowest BCUT2D eigenvalue weighted by atomic mass is 10.0. The van der Waals surface area contributed by atoms with E-state index in [2.05, 4.69) is 15.0 Å². The van der Waals surface area contributed by atoms with Gasteiger partial charge in [0, 0.05) is 5.56 Å². The molecule has 4 rings (SSSR count). The fourth-order valence-corrected chi connectivity index (χ4v) is 4.35. The predicted molar refractivity (Wildman–Crippen MR) is 140 cm³/mol. The zero-order valence-electron chi connectivity index (χ0n) is 21.0. The summed E-state index contributed by atoms with van der Waals surface area (Å²) >= 11 is 0. The van der Waals surface area contributed by atoms with Crippen molar-refractivity contribution in [1.29, 1.82) is 0 Å². The highest BCUT2D eigenvalue weighted by atomic mass is 16.3. The first kappa shape index (κ1) is 25.0. The first-order valence-electron chi connectivity index (χ1n) is 12.2. The van der Waals surface area contributed by atoms with Gasteiger partial charge in [0.2, 0.25) is 0 Å². The summed E-state index contributed by atoms with van der Waals surface area (Å²) in [6.45, 7) is 7.94. The molecule has 0 saturated carbocycles. The van der Waals surface area contributed by atoms with Crippen molar-refractivity contribution >= 4 is 0 Å². The van der Waals surface area contributed by atoms with Crippen LogP contribution in [0.2, 0.25) is 0 Å². The van der Waals surface area contributed by atoms with Gasteiger partial charge in [-0.2, -0.15) is 0 Å². The van der Waals surface area contributed by atoms with Crippen molar-refractivity contribution in [3.8, 4) is 57.2 Å². The van der Waals surface area contributed by atoms with Gasteiger partial charge in [-0.25, -0.2) is 15.0 Å². The van der Waals surface area contributed by atoms with Crippen molar-refractivity contribution in [2.24, 2.45) is 0 Å². The summed E-state index contributed by atoms with van der Waals surface area (Å²) in [5, 5.41) is 42.8. The number of aryl methyl sites for hydroxylation is 4. The molecule has 0 aliphatic carbocycles. The van der Waals surface area contributed by atoms with E-state index in [1.54, 1.807) is 24.3 Å². The molecule has 0 spiro atoms. The molecule has 186 valence electrons. The zero-order valence-corrected chi connectivity index (χ0v) is 21.0. The molecule has 0 aliphatic heterocycles. The summed E-state index contributed by atoms with van der Waals surface area (Å²) < 4.78 is 0. The smallest absolute Gasteiger partial charge is 0.168 e. The maximum Gasteiger partial charge on any atom is 0.168 e. The summed E-state index contributed by atoms with van der Waals surface area (Å²) in [5.74, 6) is -0.391. The van der Waals surface area contributed by atoms with Crippen LogP contribution in [-0.4, -0.2) is 35.4 Å². The van der Waals surface area contributed by atoms with Gasteiger partial charge in [0.1, 0.15) is 0 Å². The van der Waals surface area contributed by atoms with Crippen molar-refractivity contribution in [3.63, 3.8) is 0 Å². The topological polar surface area (TPSA) is 120 Å². The molecule has 1 aromatic heterocycles. The van der Waals surface area contributed by atoms with Gasteiger partial charge in [0.05, 0.1) is 11.1 Å². The zero-order chi connectivity index (χ0) is 26.0. The second-order valence-corrected chi connectivity index (χ2v) is 9.06. The van der Waals surface area contributed by atoms with Crippen molar-refractivity contribution in [2.75, 3.05) is 0 Å². The number of hydrogen-bond acceptors (Lipinski definition) is 7. The highest BCUT2D eigenvalue weighted by Crippen LogP contribution is 2.41. The van der Waals surface area contributed by atoms with Crippen molar-refractivity contribution in [1.82, 2.24) is 15.0 Å². The first-order chi connectivity index (χ1) is 17.2. The summed E-state index contributed by atoms with van der Waals surface area (Å²) in [5.41, 5.74) is 4.57. The average molecular weight is 486 g/mol. The number of aromatic hydroxyl groups is 4. The third-order valence-corrected chi connectivity index (χ3v) is 6.25. The normalized spacial score (nSPS) is 11.1. The molecule has 0 fully saturated rings. The van der Waals surface area contributed by atoms with E-state index in [0.29, 0.717) is 29.8 Å². The van der Waals surface area contributed by atoms with Gasteiger partial charge in [-0.3, -0.25) is 0 Å². The fourth-order valence-electron chi connectivity index (χ4n) is 4.35. The highest BCUT2D eigenvalue weighted by Gasteiger charge is 2.21. The summed E-state index contributed by atoms with van der Waals surface area (Å²) in [6.07, 6.45) is 2.87. The largest absolute Gasteiger partial charge is 0.504 e. The summed E-state index contributed by atoms with van der Waals surface area (Å²) in [7, 11) is 0. The summed E-state index contributed by atoms with van der Waals surface area (Å²) in [6, 6.07) is 12.7. The Morgan fingerprint density at radius 1 is 0.556 bits per heavy atom. The maximum atomic E-state index is 10.8. The Morgan fingerprint density at radius 3 is 1.39 bits per heavy atom. The molecule has 7 heteroatoms. The number of phenolic OH excluding ortho intramolecular Hbond substituents is 4. The number of benzene rings is 3. The van der Waals surface area contributed by atoms with Gasteiger partial charge >= 0.3 is 0 Å². The first-order valence-corrected chi connectivity index (χ1v) is 12.2. The van der Waals surface area contributed by atoms with Gasteiger partial charge in [-0.1, -0.05) is 62.6 Å². The van der Waals surface area contributed by atoms with Crippen LogP contribution in [0.25, 0.3) is 34.2 Å². The van der Waals surface area contributed by atoms with Crippen LogP contribution in [0.4, 0.5) is 0 Å². The Bertz CT molecular complexity index is 1350. The van der Waals surface area contributed by atoms with E-state index in [1.165, 1.54) is 0 Å². The van der Waals surface area contributed by atoms with Crippen LogP contribution in [0, 0.1) is 13.8 Å². The molecule has 0 bridgehead atoms. The van der Waals surface area contributed by atoms with Crippen molar-refractivity contribution < 1.29 is 20.4 Å². The van der Waals surface area contributed by atoms with Gasteiger partial charge < -0.3 is 20.4 Å². The molecular weight excluding hydrogens is 454 g/mol. The minimum absolute atomic E-state index is 0.141. The standard InChI is InChI=1S/C29H31N3O4/c1-5-7-18-10-13-21(25(35)23(18)33)28-30-27(20-12-9-16(3)15-17(20)4)31-29(32-28)22-14-11-19(8-6-2)24(34)26(22)36/h9-15,33-36H,5-8H2,1-4H3. The molecule has 36 heavy (non-hydrogen) atoms. The van der Waals surface area contributed by atoms with Crippen molar-refractivity contribution in [3.05, 3.63) is 64.7 Å². The van der Waals surface area contributed by atoms with Gasteiger partial charge in [0.15, 0.2) is 40.5 Å². The van der Waals surface area contributed by atoms with E-state index in [0.717, 1.165) is 29.5 Å². The molecule has 4 N–H and O–H groups in total. The second-order valence-electron chi connectivity index (χ2n) is 9.06. The van der Waals surface area contributed by atoms with Gasteiger partial charge in [-0.05, 0) is 55.5 Å². The number of hydrogen-bond donors (Lipinski definition) is 4. The Balaban J connectivity index is 1.96. The van der Waals surface area contributed by atoms with E-state index in [1.807, 2.05) is 45.9 Å². The average Bonchev–Trinajstić information content (AvgIpc) is 2.85. The Kier molecular flexibility index (Phi) is 7.10. The van der Waals surface area contributed by atoms with Crippen LogP contribution in [0.1, 0.15) is 48.9 Å². The lowest BCUT2D eigenvalue weighted by Gasteiger charge is -2.14. The van der Waals surface area contributed by atoms with Crippen LogP contribution in [0.15, 0.2) is 42.5 Å². The van der Waals surface area contributed by atoms with Crippen LogP contribution in [0.5, 0.6) is 23.0 Å². The predicted octanol–water partition coefficient (Wildman–Crippen LogP) is 6.22. The van der Waals surface area contributed by atoms with E-state index in [9.17, 15) is 20.4 Å². The molecule has 0 atom stereocenters. The van der Waals surface area contributed by atoms with E-state index < -0.39 is 0 Å². The number of rotatable bonds is 7. The molecule has 0 unspecified atom stereocenters. The molecule has 7 nitrogen and oxygen atoms in total. The van der Waals surface area contributed by atoms with E-state index in [4.69, 9.17) is 0 Å². The van der Waals surface area contributed by atoms with Gasteiger partial charge in [0.25, 0.3) is 0 Å². The maximum absolute atomic E-state index is 10.8. The Labute approximate surface area is 210 Å². The van der Waals surface area contributed by atoms with E-state index in [-0.39, 0.29) is 45.8 Å². The Morgan fingerprint density at radius 2 is 0.972 bits per heavy atom. The van der Waals surface area contributed by atoms with Crippen molar-refractivity contribution in [2.45, 2.75) is 53.4 Å². The molecule has 0 amide bonds. The molecule has 1 heterocycles. The number of phenols is 4. The minimum atomic E-state index is -0.310. The van der Waals surface area contributed by atoms with Crippen LogP contribution in [0.3, 0.4) is 0 Å². The molecule has 4 aromatic rings. The van der Waals surface area contributed by atoms with Crippen LogP contribution in [-0.2, 0) is 12.8 Å². The quantitative estimate of drug-likeness (QED) is 0.230. The monoisotopic (exact) mass is 485 g/mol. The second kappa shape index (κ2) is 10.2. The third-order valence-electron chi connectivity index (χ3n) is 6.25. The number of aromatic nitrogens is 3. The molecule has 3 aromatic carbocycles. The SMILES string of the molecule is CCCc1ccc(-c2nc(-c3ccc(C)cc3C)nc(-c3ccc(CCC)c(O)c3O)n2)c(O)c1O. The van der Waals surface area contributed by atoms with Gasteiger partial charge in [-0.15, -0.1) is 0 Å². The minimum Gasteiger partial charge on any atom is -0.504 e. The third kappa shape index (κ3) is 4.69. The molecule has 0 saturated heterocycles. The Hall–Kier alpha value is -4.13. The fraction of sp³-hybridized carbons (Fsp3) is 0.276. The van der Waals surface area contributed by atoms with Crippen LogP contribution < -0.4 is 0 Å².